The summed E-state index contributed by atoms with van der Waals surface area (Å²) in [5.74, 6) is 2.14. The van der Waals surface area contributed by atoms with Crippen LogP contribution in [0.2, 0.25) is 0 Å². The van der Waals surface area contributed by atoms with Crippen molar-refractivity contribution in [1.29, 1.82) is 0 Å². The zero-order valence-corrected chi connectivity index (χ0v) is 17.2. The molecule has 1 heterocycles. The Kier molecular flexibility index (Phi) is 6.95. The van der Waals surface area contributed by atoms with E-state index in [1.807, 2.05) is 0 Å². The summed E-state index contributed by atoms with van der Waals surface area (Å²) in [6.45, 7) is 0.314. The van der Waals surface area contributed by atoms with Crippen molar-refractivity contribution in [2.24, 2.45) is 0 Å². The van der Waals surface area contributed by atoms with Crippen molar-refractivity contribution in [3.8, 4) is 28.6 Å². The predicted octanol–water partition coefficient (Wildman–Crippen LogP) is 4.36. The van der Waals surface area contributed by atoms with Crippen molar-refractivity contribution in [3.63, 3.8) is 0 Å². The maximum absolute atomic E-state index is 13.9. The van der Waals surface area contributed by atoms with E-state index in [0.29, 0.717) is 47.3 Å². The van der Waals surface area contributed by atoms with Gasteiger partial charge in [-0.3, -0.25) is 4.79 Å². The number of rotatable bonds is 9. The van der Waals surface area contributed by atoms with Crippen molar-refractivity contribution in [2.45, 2.75) is 19.4 Å². The van der Waals surface area contributed by atoms with Gasteiger partial charge in [-0.05, 0) is 42.0 Å². The van der Waals surface area contributed by atoms with E-state index in [2.05, 4.69) is 5.32 Å². The fourth-order valence-corrected chi connectivity index (χ4v) is 3.08. The van der Waals surface area contributed by atoms with Crippen LogP contribution >= 0.6 is 0 Å². The molecule has 2 aromatic carbocycles. The van der Waals surface area contributed by atoms with Crippen LogP contribution in [0, 0.1) is 5.82 Å². The minimum Gasteiger partial charge on any atom is -0.493 e. The second kappa shape index (κ2) is 9.82. The lowest BCUT2D eigenvalue weighted by molar-refractivity contribution is -0.121. The molecule has 0 aliphatic carbocycles. The molecule has 6 nitrogen and oxygen atoms in total. The van der Waals surface area contributed by atoms with Gasteiger partial charge in [-0.1, -0.05) is 12.1 Å². The third-order valence-electron chi connectivity index (χ3n) is 4.61. The molecule has 0 unspecified atom stereocenters. The number of halogens is 1. The number of furan rings is 1. The normalized spacial score (nSPS) is 10.5. The number of methoxy groups -OCH3 is 3. The molecule has 7 heteroatoms. The summed E-state index contributed by atoms with van der Waals surface area (Å²) in [7, 11) is 4.62. The van der Waals surface area contributed by atoms with Crippen LogP contribution < -0.4 is 19.5 Å². The van der Waals surface area contributed by atoms with Gasteiger partial charge in [0.1, 0.15) is 17.3 Å². The van der Waals surface area contributed by atoms with Gasteiger partial charge < -0.3 is 23.9 Å². The van der Waals surface area contributed by atoms with E-state index in [4.69, 9.17) is 18.6 Å². The van der Waals surface area contributed by atoms with Crippen LogP contribution in [0.4, 0.5) is 4.39 Å². The van der Waals surface area contributed by atoms with Gasteiger partial charge in [0.2, 0.25) is 11.7 Å². The minimum atomic E-state index is -0.346. The quantitative estimate of drug-likeness (QED) is 0.564. The Morgan fingerprint density at radius 3 is 2.33 bits per heavy atom. The lowest BCUT2D eigenvalue weighted by Crippen LogP contribution is -2.23. The molecule has 1 aromatic heterocycles. The Morgan fingerprint density at radius 2 is 1.70 bits per heavy atom. The highest BCUT2D eigenvalue weighted by molar-refractivity contribution is 5.76. The molecule has 3 aromatic rings. The van der Waals surface area contributed by atoms with Crippen molar-refractivity contribution in [1.82, 2.24) is 5.32 Å². The molecule has 0 radical (unpaired) electrons. The van der Waals surface area contributed by atoms with E-state index >= 15 is 0 Å². The van der Waals surface area contributed by atoms with Gasteiger partial charge in [0.15, 0.2) is 11.5 Å². The summed E-state index contributed by atoms with van der Waals surface area (Å²) < 4.78 is 35.5. The highest BCUT2D eigenvalue weighted by Gasteiger charge is 2.14. The van der Waals surface area contributed by atoms with Crippen molar-refractivity contribution in [2.75, 3.05) is 21.3 Å². The van der Waals surface area contributed by atoms with E-state index in [1.165, 1.54) is 13.2 Å². The lowest BCUT2D eigenvalue weighted by Gasteiger charge is -2.14. The number of carbonyl (C=O) groups excluding carboxylic acids is 1. The first-order valence-electron chi connectivity index (χ1n) is 9.45. The van der Waals surface area contributed by atoms with Gasteiger partial charge in [-0.25, -0.2) is 4.39 Å². The summed E-state index contributed by atoms with van der Waals surface area (Å²) in [6, 6.07) is 13.5. The molecule has 158 valence electrons. The average Bonchev–Trinajstić information content (AvgIpc) is 3.24. The molecule has 0 aliphatic heterocycles. The summed E-state index contributed by atoms with van der Waals surface area (Å²) >= 11 is 0. The van der Waals surface area contributed by atoms with E-state index in [1.54, 1.807) is 56.7 Å². The Labute approximate surface area is 174 Å². The molecular formula is C23H24FNO5. The van der Waals surface area contributed by atoms with Crippen LogP contribution in [-0.4, -0.2) is 27.2 Å². The number of ether oxygens (including phenoxy) is 3. The third kappa shape index (κ3) is 4.92. The fourth-order valence-electron chi connectivity index (χ4n) is 3.08. The number of aryl methyl sites for hydroxylation is 1. The van der Waals surface area contributed by atoms with Gasteiger partial charge in [0.25, 0.3) is 0 Å². The van der Waals surface area contributed by atoms with Crippen LogP contribution in [0.15, 0.2) is 52.9 Å². The molecular weight excluding hydrogens is 389 g/mol. The molecule has 0 spiro atoms. The van der Waals surface area contributed by atoms with Gasteiger partial charge >= 0.3 is 0 Å². The number of hydrogen-bond acceptors (Lipinski definition) is 5. The van der Waals surface area contributed by atoms with E-state index < -0.39 is 0 Å². The Bertz CT molecular complexity index is 989. The summed E-state index contributed by atoms with van der Waals surface area (Å²) in [5, 5.41) is 2.86. The Hall–Kier alpha value is -3.48. The predicted molar refractivity (Wildman–Crippen MR) is 110 cm³/mol. The van der Waals surface area contributed by atoms with E-state index in [0.717, 1.165) is 5.56 Å². The SMILES string of the molecule is COc1cc(CNC(=O)CCc2ccc(-c3ccccc3F)o2)cc(OC)c1OC. The van der Waals surface area contributed by atoms with Crippen LogP contribution in [0.5, 0.6) is 17.2 Å². The molecule has 0 atom stereocenters. The topological polar surface area (TPSA) is 69.9 Å². The number of hydrogen-bond donors (Lipinski definition) is 1. The van der Waals surface area contributed by atoms with Gasteiger partial charge in [0.05, 0.1) is 26.9 Å². The van der Waals surface area contributed by atoms with Crippen LogP contribution in [0.1, 0.15) is 17.7 Å². The van der Waals surface area contributed by atoms with Crippen LogP contribution in [0.3, 0.4) is 0 Å². The Morgan fingerprint density at radius 1 is 1.00 bits per heavy atom. The summed E-state index contributed by atoms with van der Waals surface area (Å²) in [6.07, 6.45) is 0.657. The van der Waals surface area contributed by atoms with E-state index in [9.17, 15) is 9.18 Å². The zero-order valence-electron chi connectivity index (χ0n) is 17.2. The Balaban J connectivity index is 1.57. The molecule has 0 saturated heterocycles. The molecule has 30 heavy (non-hydrogen) atoms. The average molecular weight is 413 g/mol. The largest absolute Gasteiger partial charge is 0.493 e. The molecule has 0 saturated carbocycles. The first kappa shape index (κ1) is 21.2. The fraction of sp³-hybridized carbons (Fsp3) is 0.261. The molecule has 0 aliphatic rings. The summed E-state index contributed by atoms with van der Waals surface area (Å²) in [4.78, 5) is 12.3. The second-order valence-corrected chi connectivity index (χ2v) is 6.56. The standard InChI is InChI=1S/C23H24FNO5/c1-27-20-12-15(13-21(28-2)23(20)29-3)14-25-22(26)11-9-16-8-10-19(30-16)17-6-4-5-7-18(17)24/h4-8,10,12-13H,9,11,14H2,1-3H3,(H,25,26). The molecule has 3 rings (SSSR count). The molecule has 0 bridgehead atoms. The van der Waals surface area contributed by atoms with Crippen LogP contribution in [0.25, 0.3) is 11.3 Å². The van der Waals surface area contributed by atoms with Crippen molar-refractivity contribution < 1.29 is 27.8 Å². The van der Waals surface area contributed by atoms with Gasteiger partial charge in [-0.15, -0.1) is 0 Å². The number of nitrogens with one attached hydrogen (secondary N) is 1. The number of amides is 1. The van der Waals surface area contributed by atoms with Crippen molar-refractivity contribution >= 4 is 5.91 Å². The first-order chi connectivity index (χ1) is 14.5. The third-order valence-corrected chi connectivity index (χ3v) is 4.61. The molecule has 1 N–H and O–H groups in total. The van der Waals surface area contributed by atoms with E-state index in [-0.39, 0.29) is 18.1 Å². The summed E-state index contributed by atoms with van der Waals surface area (Å²) in [5.41, 5.74) is 1.22. The maximum atomic E-state index is 13.9. The maximum Gasteiger partial charge on any atom is 0.220 e. The van der Waals surface area contributed by atoms with Gasteiger partial charge in [0, 0.05) is 19.4 Å². The van der Waals surface area contributed by atoms with Gasteiger partial charge in [-0.2, -0.15) is 0 Å². The zero-order chi connectivity index (χ0) is 21.5. The first-order valence-corrected chi connectivity index (χ1v) is 9.45. The second-order valence-electron chi connectivity index (χ2n) is 6.56. The monoisotopic (exact) mass is 413 g/mol. The smallest absolute Gasteiger partial charge is 0.220 e. The number of benzene rings is 2. The molecule has 0 fully saturated rings. The highest BCUT2D eigenvalue weighted by atomic mass is 19.1. The van der Waals surface area contributed by atoms with Crippen LogP contribution in [-0.2, 0) is 17.8 Å². The lowest BCUT2D eigenvalue weighted by atomic mass is 10.1. The minimum absolute atomic E-state index is 0.132. The number of carbonyl (C=O) groups is 1. The highest BCUT2D eigenvalue weighted by Crippen LogP contribution is 2.38. The van der Waals surface area contributed by atoms with Crippen molar-refractivity contribution in [3.05, 3.63) is 65.7 Å². The molecule has 1 amide bonds.